The molecule has 0 bridgehead atoms. The molecule has 1 heterocycles. The SMILES string of the molecule is N#Cc1ccc(-c2ccc3c4c(ccc(-c5cccc(-c6ccc(-c7nc(-c8ccccc8)nc(-c8ccccc8)n7)cc6)c5)c24)-c2ccccc2-3)cc1. The minimum atomic E-state index is 0.632. The van der Waals surface area contributed by atoms with Crippen molar-refractivity contribution in [1.82, 2.24) is 15.0 Å². The maximum atomic E-state index is 9.49. The van der Waals surface area contributed by atoms with E-state index in [4.69, 9.17) is 15.0 Å². The molecule has 9 aromatic rings. The first kappa shape index (κ1) is 31.3. The number of nitrogens with zero attached hydrogens (tertiary/aromatic N) is 4. The summed E-state index contributed by atoms with van der Waals surface area (Å²) >= 11 is 0. The Morgan fingerprint density at radius 2 is 0.704 bits per heavy atom. The monoisotopic (exact) mass is 686 g/mol. The molecule has 0 atom stereocenters. The van der Waals surface area contributed by atoms with Gasteiger partial charge in [0.05, 0.1) is 11.6 Å². The highest BCUT2D eigenvalue weighted by Gasteiger charge is 2.25. The molecule has 0 amide bonds. The molecule has 0 radical (unpaired) electrons. The number of aromatic nitrogens is 3. The van der Waals surface area contributed by atoms with Crippen LogP contribution in [0.25, 0.3) is 101 Å². The lowest BCUT2D eigenvalue weighted by atomic mass is 9.87. The van der Waals surface area contributed by atoms with E-state index in [1.165, 1.54) is 38.6 Å². The van der Waals surface area contributed by atoms with E-state index in [1.54, 1.807) is 0 Å². The Bertz CT molecular complexity index is 2820. The Kier molecular flexibility index (Phi) is 7.49. The lowest BCUT2D eigenvalue weighted by molar-refractivity contribution is 1.07. The van der Waals surface area contributed by atoms with Gasteiger partial charge in [-0.05, 0) is 84.6 Å². The molecular weight excluding hydrogens is 657 g/mol. The van der Waals surface area contributed by atoms with Crippen LogP contribution < -0.4 is 0 Å². The predicted molar refractivity (Wildman–Crippen MR) is 219 cm³/mol. The van der Waals surface area contributed by atoms with Gasteiger partial charge in [0.15, 0.2) is 17.5 Å². The molecular formula is C50H30N4. The summed E-state index contributed by atoms with van der Waals surface area (Å²) in [5.41, 5.74) is 15.3. The Labute approximate surface area is 313 Å². The molecule has 4 nitrogen and oxygen atoms in total. The number of hydrogen-bond donors (Lipinski definition) is 0. The average Bonchev–Trinajstić information content (AvgIpc) is 3.59. The van der Waals surface area contributed by atoms with Gasteiger partial charge in [-0.25, -0.2) is 15.0 Å². The van der Waals surface area contributed by atoms with E-state index in [2.05, 4.69) is 115 Å². The van der Waals surface area contributed by atoms with E-state index >= 15 is 0 Å². The van der Waals surface area contributed by atoms with Crippen LogP contribution in [0.3, 0.4) is 0 Å². The normalized spacial score (nSPS) is 11.3. The summed E-state index contributed by atoms with van der Waals surface area (Å²) in [5.74, 6) is 1.92. The third-order valence-corrected chi connectivity index (χ3v) is 10.3. The summed E-state index contributed by atoms with van der Waals surface area (Å²) in [6.07, 6.45) is 0. The molecule has 0 N–H and O–H groups in total. The van der Waals surface area contributed by atoms with Crippen molar-refractivity contribution in [2.24, 2.45) is 0 Å². The second kappa shape index (κ2) is 12.9. The molecule has 0 aliphatic heterocycles. The Morgan fingerprint density at radius 1 is 0.296 bits per heavy atom. The topological polar surface area (TPSA) is 62.5 Å². The number of rotatable bonds is 6. The van der Waals surface area contributed by atoms with Crippen LogP contribution in [-0.4, -0.2) is 15.0 Å². The van der Waals surface area contributed by atoms with Gasteiger partial charge in [0, 0.05) is 16.7 Å². The number of hydrogen-bond acceptors (Lipinski definition) is 4. The number of fused-ring (bicyclic) bond motifs is 3. The lowest BCUT2D eigenvalue weighted by Gasteiger charge is -2.16. The summed E-state index contributed by atoms with van der Waals surface area (Å²) in [5, 5.41) is 12.0. The van der Waals surface area contributed by atoms with Crippen LogP contribution in [0.5, 0.6) is 0 Å². The zero-order chi connectivity index (χ0) is 36.0. The molecule has 0 saturated heterocycles. The maximum absolute atomic E-state index is 9.49. The van der Waals surface area contributed by atoms with Crippen molar-refractivity contribution >= 4 is 10.8 Å². The second-order valence-electron chi connectivity index (χ2n) is 13.5. The van der Waals surface area contributed by atoms with Gasteiger partial charge in [-0.1, -0.05) is 164 Å². The summed E-state index contributed by atoms with van der Waals surface area (Å²) in [6.45, 7) is 0. The highest BCUT2D eigenvalue weighted by Crippen LogP contribution is 2.52. The van der Waals surface area contributed by atoms with Gasteiger partial charge >= 0.3 is 0 Å². The van der Waals surface area contributed by atoms with E-state index in [1.807, 2.05) is 72.8 Å². The fraction of sp³-hybridized carbons (Fsp3) is 0. The Hall–Kier alpha value is -7.48. The van der Waals surface area contributed by atoms with Crippen molar-refractivity contribution < 1.29 is 0 Å². The zero-order valence-corrected chi connectivity index (χ0v) is 29.1. The van der Waals surface area contributed by atoms with E-state index in [0.717, 1.165) is 44.5 Å². The standard InChI is InChI=1S/C50H30N4/c51-31-32-18-20-34(21-19-32)40-26-28-44-42-16-7-8-17-43(42)45-29-27-41(46(40)47(44)45)39-15-9-14-38(30-39)33-22-24-37(25-23-33)50-53-48(35-10-3-1-4-11-35)52-49(54-50)36-12-5-2-6-13-36/h1-30H. The fourth-order valence-corrected chi connectivity index (χ4v) is 7.72. The Balaban J connectivity index is 1.07. The van der Waals surface area contributed by atoms with Crippen molar-refractivity contribution in [3.63, 3.8) is 0 Å². The van der Waals surface area contributed by atoms with Gasteiger partial charge in [0.2, 0.25) is 0 Å². The molecule has 0 fully saturated rings. The molecule has 1 aromatic heterocycles. The highest BCUT2D eigenvalue weighted by atomic mass is 15.0. The van der Waals surface area contributed by atoms with Crippen molar-refractivity contribution in [1.29, 1.82) is 5.26 Å². The molecule has 250 valence electrons. The highest BCUT2D eigenvalue weighted by molar-refractivity contribution is 6.22. The molecule has 0 unspecified atom stereocenters. The van der Waals surface area contributed by atoms with Crippen LogP contribution in [0, 0.1) is 11.3 Å². The first-order valence-electron chi connectivity index (χ1n) is 18.0. The summed E-state index contributed by atoms with van der Waals surface area (Å²) < 4.78 is 0. The minimum absolute atomic E-state index is 0.632. The maximum Gasteiger partial charge on any atom is 0.164 e. The molecule has 10 rings (SSSR count). The van der Waals surface area contributed by atoms with Gasteiger partial charge in [0.25, 0.3) is 0 Å². The zero-order valence-electron chi connectivity index (χ0n) is 29.1. The largest absolute Gasteiger partial charge is 0.208 e. The molecule has 1 aliphatic rings. The third-order valence-electron chi connectivity index (χ3n) is 10.3. The Morgan fingerprint density at radius 3 is 1.26 bits per heavy atom. The van der Waals surface area contributed by atoms with Gasteiger partial charge in [0.1, 0.15) is 0 Å². The molecule has 0 spiro atoms. The van der Waals surface area contributed by atoms with Crippen LogP contribution in [0.2, 0.25) is 0 Å². The van der Waals surface area contributed by atoms with Crippen molar-refractivity contribution in [3.05, 3.63) is 188 Å². The second-order valence-corrected chi connectivity index (χ2v) is 13.5. The summed E-state index contributed by atoms with van der Waals surface area (Å²) in [4.78, 5) is 14.7. The van der Waals surface area contributed by atoms with E-state index in [9.17, 15) is 5.26 Å². The van der Waals surface area contributed by atoms with E-state index in [0.29, 0.717) is 23.0 Å². The van der Waals surface area contributed by atoms with Crippen LogP contribution in [0.4, 0.5) is 0 Å². The van der Waals surface area contributed by atoms with E-state index in [-0.39, 0.29) is 0 Å². The molecule has 1 aliphatic carbocycles. The first-order valence-corrected chi connectivity index (χ1v) is 18.0. The van der Waals surface area contributed by atoms with Crippen LogP contribution >= 0.6 is 0 Å². The predicted octanol–water partition coefficient (Wildman–Crippen LogP) is 12.5. The van der Waals surface area contributed by atoms with Gasteiger partial charge < -0.3 is 0 Å². The average molecular weight is 687 g/mol. The smallest absolute Gasteiger partial charge is 0.164 e. The third kappa shape index (κ3) is 5.35. The van der Waals surface area contributed by atoms with Crippen molar-refractivity contribution in [3.8, 4) is 95.9 Å². The summed E-state index contributed by atoms with van der Waals surface area (Å²) in [6, 6.07) is 65.3. The van der Waals surface area contributed by atoms with Crippen molar-refractivity contribution in [2.75, 3.05) is 0 Å². The fourth-order valence-electron chi connectivity index (χ4n) is 7.72. The molecule has 4 heteroatoms. The van der Waals surface area contributed by atoms with Gasteiger partial charge in [-0.2, -0.15) is 5.26 Å². The van der Waals surface area contributed by atoms with Gasteiger partial charge in [-0.15, -0.1) is 0 Å². The van der Waals surface area contributed by atoms with Crippen LogP contribution in [0.1, 0.15) is 5.56 Å². The lowest BCUT2D eigenvalue weighted by Crippen LogP contribution is -2.00. The molecule has 8 aromatic carbocycles. The quantitative estimate of drug-likeness (QED) is 0.175. The molecule has 0 saturated carbocycles. The van der Waals surface area contributed by atoms with Crippen LogP contribution in [0.15, 0.2) is 182 Å². The number of benzene rings is 8. The first-order chi connectivity index (χ1) is 26.7. The van der Waals surface area contributed by atoms with Gasteiger partial charge in [-0.3, -0.25) is 0 Å². The molecule has 54 heavy (non-hydrogen) atoms. The van der Waals surface area contributed by atoms with Crippen molar-refractivity contribution in [2.45, 2.75) is 0 Å². The minimum Gasteiger partial charge on any atom is -0.208 e. The van der Waals surface area contributed by atoms with E-state index < -0.39 is 0 Å². The van der Waals surface area contributed by atoms with Crippen LogP contribution in [-0.2, 0) is 0 Å². The number of nitriles is 1. The summed E-state index contributed by atoms with van der Waals surface area (Å²) in [7, 11) is 0.